The third-order valence-corrected chi connectivity index (χ3v) is 6.73. The van der Waals surface area contributed by atoms with Gasteiger partial charge in [-0.15, -0.1) is 0 Å². The zero-order valence-electron chi connectivity index (χ0n) is 18.7. The van der Waals surface area contributed by atoms with E-state index in [-0.39, 0.29) is 11.9 Å². The summed E-state index contributed by atoms with van der Waals surface area (Å²) in [4.78, 5) is 30.9. The first-order valence-corrected chi connectivity index (χ1v) is 11.7. The average molecular weight is 447 g/mol. The Labute approximate surface area is 194 Å². The Hall–Kier alpha value is -3.00. The molecule has 1 amide bonds. The molecule has 2 aromatic rings. The molecule has 3 aliphatic rings. The number of ether oxygens (including phenoxy) is 1. The maximum atomic E-state index is 13.4. The number of hydrogen-bond acceptors (Lipinski definition) is 6. The number of fused-ring (bicyclic) bond motifs is 1. The van der Waals surface area contributed by atoms with E-state index in [0.29, 0.717) is 19.6 Å². The highest BCUT2D eigenvalue weighted by Gasteiger charge is 2.60. The minimum Gasteiger partial charge on any atom is -0.434 e. The summed E-state index contributed by atoms with van der Waals surface area (Å²) in [5, 5.41) is 6.39. The van der Waals surface area contributed by atoms with Gasteiger partial charge >= 0.3 is 5.97 Å². The van der Waals surface area contributed by atoms with E-state index in [1.807, 2.05) is 65.6 Å². The van der Waals surface area contributed by atoms with Gasteiger partial charge in [-0.2, -0.15) is 0 Å². The number of nitrogens with one attached hydrogen (secondary N) is 2. The molecule has 2 unspecified atom stereocenters. The summed E-state index contributed by atoms with van der Waals surface area (Å²) in [7, 11) is 0. The van der Waals surface area contributed by atoms with Gasteiger partial charge in [0.15, 0.2) is 0 Å². The van der Waals surface area contributed by atoms with E-state index < -0.39 is 17.8 Å². The maximum Gasteiger partial charge on any atom is 0.327 e. The fraction of sp³-hybridized carbons (Fsp3) is 0.385. The van der Waals surface area contributed by atoms with Crippen LogP contribution < -0.4 is 10.6 Å². The second kappa shape index (κ2) is 9.47. The van der Waals surface area contributed by atoms with Crippen LogP contribution in [0.3, 0.4) is 0 Å². The fourth-order valence-electron chi connectivity index (χ4n) is 5.15. The average Bonchev–Trinajstić information content (AvgIpc) is 3.19. The number of benzene rings is 2. The second-order valence-electron chi connectivity index (χ2n) is 8.75. The lowest BCUT2D eigenvalue weighted by molar-refractivity contribution is -0.153. The third kappa shape index (κ3) is 4.08. The molecular formula is C26H30N4O3. The molecule has 2 saturated heterocycles. The normalized spacial score (nSPS) is 24.8. The number of cyclic esters (lactones) is 1. The molecular weight excluding hydrogens is 416 g/mol. The summed E-state index contributed by atoms with van der Waals surface area (Å²) in [6.07, 6.45) is 5.41. The highest BCUT2D eigenvalue weighted by molar-refractivity contribution is 5.86. The smallest absolute Gasteiger partial charge is 0.327 e. The lowest BCUT2D eigenvalue weighted by atomic mass is 9.90. The molecule has 172 valence electrons. The van der Waals surface area contributed by atoms with Crippen LogP contribution in [0, 0.1) is 0 Å². The SMILES string of the molecule is O=C(NCCN1CC=CCC1)C1CNCC2C(=O)OC(c3ccccc3)(c3ccccc3)N12. The van der Waals surface area contributed by atoms with Crippen molar-refractivity contribution in [1.82, 2.24) is 20.4 Å². The molecule has 0 saturated carbocycles. The third-order valence-electron chi connectivity index (χ3n) is 6.73. The van der Waals surface area contributed by atoms with Crippen molar-refractivity contribution in [1.29, 1.82) is 0 Å². The predicted octanol–water partition coefficient (Wildman–Crippen LogP) is 1.47. The number of amides is 1. The minimum atomic E-state index is -1.15. The van der Waals surface area contributed by atoms with Gasteiger partial charge in [0, 0.05) is 50.4 Å². The lowest BCUT2D eigenvalue weighted by Gasteiger charge is -2.44. The van der Waals surface area contributed by atoms with Crippen LogP contribution in [-0.4, -0.2) is 73.0 Å². The van der Waals surface area contributed by atoms with Gasteiger partial charge in [-0.25, -0.2) is 4.90 Å². The predicted molar refractivity (Wildman–Crippen MR) is 125 cm³/mol. The summed E-state index contributed by atoms with van der Waals surface area (Å²) >= 11 is 0. The van der Waals surface area contributed by atoms with Gasteiger partial charge in [-0.1, -0.05) is 72.8 Å². The van der Waals surface area contributed by atoms with Crippen molar-refractivity contribution in [3.63, 3.8) is 0 Å². The lowest BCUT2D eigenvalue weighted by Crippen LogP contribution is -2.66. The number of esters is 1. The van der Waals surface area contributed by atoms with Gasteiger partial charge in [0.2, 0.25) is 11.6 Å². The van der Waals surface area contributed by atoms with Crippen LogP contribution >= 0.6 is 0 Å². The van der Waals surface area contributed by atoms with Gasteiger partial charge in [-0.05, 0) is 6.42 Å². The largest absolute Gasteiger partial charge is 0.434 e. The Morgan fingerprint density at radius 3 is 2.36 bits per heavy atom. The van der Waals surface area contributed by atoms with Crippen LogP contribution in [0.15, 0.2) is 72.8 Å². The molecule has 2 fully saturated rings. The van der Waals surface area contributed by atoms with Crippen molar-refractivity contribution in [2.24, 2.45) is 0 Å². The van der Waals surface area contributed by atoms with E-state index in [2.05, 4.69) is 27.7 Å². The Bertz CT molecular complexity index is 971. The van der Waals surface area contributed by atoms with Crippen molar-refractivity contribution in [2.45, 2.75) is 24.2 Å². The summed E-state index contributed by atoms with van der Waals surface area (Å²) in [6, 6.07) is 18.4. The topological polar surface area (TPSA) is 73.9 Å². The van der Waals surface area contributed by atoms with Crippen LogP contribution in [0.2, 0.25) is 0 Å². The molecule has 0 aromatic heterocycles. The maximum absolute atomic E-state index is 13.4. The zero-order chi connectivity index (χ0) is 22.7. The molecule has 7 nitrogen and oxygen atoms in total. The van der Waals surface area contributed by atoms with Crippen LogP contribution in [0.25, 0.3) is 0 Å². The van der Waals surface area contributed by atoms with E-state index in [1.165, 1.54) is 0 Å². The van der Waals surface area contributed by atoms with Crippen molar-refractivity contribution < 1.29 is 14.3 Å². The minimum absolute atomic E-state index is 0.0886. The number of carbonyl (C=O) groups is 2. The molecule has 2 atom stereocenters. The van der Waals surface area contributed by atoms with Crippen molar-refractivity contribution >= 4 is 11.9 Å². The van der Waals surface area contributed by atoms with E-state index in [9.17, 15) is 9.59 Å². The molecule has 7 heteroatoms. The Morgan fingerprint density at radius 1 is 1.03 bits per heavy atom. The van der Waals surface area contributed by atoms with E-state index in [1.54, 1.807) is 0 Å². The van der Waals surface area contributed by atoms with Crippen LogP contribution in [0.5, 0.6) is 0 Å². The Morgan fingerprint density at radius 2 is 1.73 bits per heavy atom. The summed E-state index contributed by atoms with van der Waals surface area (Å²) in [5.74, 6) is -0.401. The molecule has 33 heavy (non-hydrogen) atoms. The van der Waals surface area contributed by atoms with E-state index >= 15 is 0 Å². The fourth-order valence-corrected chi connectivity index (χ4v) is 5.15. The zero-order valence-corrected chi connectivity index (χ0v) is 18.7. The summed E-state index contributed by atoms with van der Waals surface area (Å²) < 4.78 is 6.20. The van der Waals surface area contributed by atoms with Gasteiger partial charge < -0.3 is 15.4 Å². The second-order valence-corrected chi connectivity index (χ2v) is 8.75. The number of hydrogen-bond donors (Lipinski definition) is 2. The summed E-state index contributed by atoms with van der Waals surface area (Å²) in [6.45, 7) is 4.20. The van der Waals surface area contributed by atoms with Gasteiger partial charge in [0.05, 0.1) is 0 Å². The first-order chi connectivity index (χ1) is 16.2. The molecule has 0 bridgehead atoms. The molecule has 3 heterocycles. The first-order valence-electron chi connectivity index (χ1n) is 11.7. The monoisotopic (exact) mass is 446 g/mol. The molecule has 0 aliphatic carbocycles. The van der Waals surface area contributed by atoms with E-state index in [4.69, 9.17) is 4.74 Å². The molecule has 0 radical (unpaired) electrons. The van der Waals surface area contributed by atoms with Crippen LogP contribution in [0.4, 0.5) is 0 Å². The molecule has 2 N–H and O–H groups in total. The number of carbonyl (C=O) groups excluding carboxylic acids is 2. The van der Waals surface area contributed by atoms with Gasteiger partial charge in [-0.3, -0.25) is 14.5 Å². The number of nitrogens with zero attached hydrogens (tertiary/aromatic N) is 2. The van der Waals surface area contributed by atoms with Crippen molar-refractivity contribution in [3.8, 4) is 0 Å². The van der Waals surface area contributed by atoms with Crippen molar-refractivity contribution in [3.05, 3.63) is 83.9 Å². The van der Waals surface area contributed by atoms with E-state index in [0.717, 1.165) is 37.2 Å². The highest BCUT2D eigenvalue weighted by atomic mass is 16.6. The number of rotatable bonds is 6. The standard InChI is InChI=1S/C26H30N4O3/c31-24(28-14-17-29-15-8-3-9-16-29)22-18-27-19-23-25(32)33-26(30(22)23,20-10-4-1-5-11-20)21-12-6-2-7-13-21/h1-8,10-13,22-23,27H,9,14-19H2,(H,28,31). The van der Waals surface area contributed by atoms with Crippen molar-refractivity contribution in [2.75, 3.05) is 39.3 Å². The molecule has 5 rings (SSSR count). The molecule has 2 aromatic carbocycles. The first kappa shape index (κ1) is 21.8. The van der Waals surface area contributed by atoms with Gasteiger partial charge in [0.1, 0.15) is 12.1 Å². The quantitative estimate of drug-likeness (QED) is 0.517. The highest BCUT2D eigenvalue weighted by Crippen LogP contribution is 2.45. The van der Waals surface area contributed by atoms with Crippen LogP contribution in [0.1, 0.15) is 17.5 Å². The van der Waals surface area contributed by atoms with Gasteiger partial charge in [0.25, 0.3) is 0 Å². The summed E-state index contributed by atoms with van der Waals surface area (Å²) in [5.41, 5.74) is 0.533. The molecule has 3 aliphatic heterocycles. The number of piperazine rings is 1. The Balaban J connectivity index is 1.45. The Kier molecular flexibility index (Phi) is 6.26. The molecule has 0 spiro atoms. The van der Waals surface area contributed by atoms with Crippen LogP contribution in [-0.2, 0) is 20.1 Å².